The van der Waals surface area contributed by atoms with Crippen LogP contribution in [0.5, 0.6) is 0 Å². The molecule has 0 radical (unpaired) electrons. The molecule has 0 fully saturated rings. The van der Waals surface area contributed by atoms with Crippen molar-refractivity contribution in [1.82, 2.24) is 9.88 Å². The molecule has 6 nitrogen and oxygen atoms in total. The van der Waals surface area contributed by atoms with Gasteiger partial charge in [-0.05, 0) is 48.1 Å². The van der Waals surface area contributed by atoms with E-state index in [2.05, 4.69) is 17.4 Å². The average Bonchev–Trinajstić information content (AvgIpc) is 3.02. The highest BCUT2D eigenvalue weighted by atomic mass is 16.4. The third-order valence-electron chi connectivity index (χ3n) is 4.19. The second-order valence-electron chi connectivity index (χ2n) is 5.89. The van der Waals surface area contributed by atoms with E-state index in [9.17, 15) is 14.4 Å². The second-order valence-corrected chi connectivity index (χ2v) is 5.89. The summed E-state index contributed by atoms with van der Waals surface area (Å²) in [6.45, 7) is -0.135. The lowest BCUT2D eigenvalue weighted by atomic mass is 10.1. The number of carbonyl (C=O) groups is 2. The summed E-state index contributed by atoms with van der Waals surface area (Å²) in [5.74, 6) is -1.63. The molecule has 0 spiro atoms. The highest BCUT2D eigenvalue weighted by Gasteiger charge is 2.14. The number of nitrogens with one attached hydrogen (secondary N) is 1. The van der Waals surface area contributed by atoms with Crippen LogP contribution in [0.1, 0.15) is 33.5 Å². The molecule has 0 bridgehead atoms. The first-order valence-electron chi connectivity index (χ1n) is 7.85. The van der Waals surface area contributed by atoms with Gasteiger partial charge in [0.25, 0.3) is 11.5 Å². The summed E-state index contributed by atoms with van der Waals surface area (Å²) in [6, 6.07) is 9.06. The van der Waals surface area contributed by atoms with Crippen LogP contribution in [0.15, 0.2) is 41.3 Å². The summed E-state index contributed by atoms with van der Waals surface area (Å²) in [5.41, 5.74) is 3.02. The molecular formula is C18H18N2O4. The molecule has 124 valence electrons. The molecule has 6 heteroatoms. The number of aryl methyl sites for hydroxylation is 2. The number of carbonyl (C=O) groups excluding carboxylic acids is 1. The number of benzene rings is 1. The molecule has 0 atom stereocenters. The van der Waals surface area contributed by atoms with Crippen molar-refractivity contribution >= 4 is 11.9 Å². The van der Waals surface area contributed by atoms with E-state index in [1.165, 1.54) is 29.5 Å². The Labute approximate surface area is 138 Å². The van der Waals surface area contributed by atoms with E-state index >= 15 is 0 Å². The third kappa shape index (κ3) is 3.37. The van der Waals surface area contributed by atoms with E-state index < -0.39 is 24.0 Å². The molecule has 3 rings (SSSR count). The van der Waals surface area contributed by atoms with Crippen LogP contribution in [-0.2, 0) is 30.7 Å². The molecule has 24 heavy (non-hydrogen) atoms. The van der Waals surface area contributed by atoms with E-state index in [1.54, 1.807) is 0 Å². The van der Waals surface area contributed by atoms with Gasteiger partial charge in [-0.3, -0.25) is 14.4 Å². The normalized spacial score (nSPS) is 12.7. The molecule has 0 saturated carbocycles. The highest BCUT2D eigenvalue weighted by molar-refractivity contribution is 5.93. The standard InChI is InChI=1S/C18H18N2O4/c21-16(22)11-20-8-2-5-15(18(20)24)17(23)19-10-12-6-7-13-3-1-4-14(13)9-12/h2,5-9H,1,3-4,10-11H2,(H,19,23)(H,21,22). The van der Waals surface area contributed by atoms with Gasteiger partial charge < -0.3 is 15.0 Å². The Bertz CT molecular complexity index is 854. The number of hydrogen-bond acceptors (Lipinski definition) is 3. The molecule has 1 amide bonds. The van der Waals surface area contributed by atoms with Gasteiger partial charge in [-0.25, -0.2) is 0 Å². The Kier molecular flexibility index (Phi) is 4.46. The minimum absolute atomic E-state index is 0.0556. The lowest BCUT2D eigenvalue weighted by molar-refractivity contribution is -0.137. The summed E-state index contributed by atoms with van der Waals surface area (Å²) in [6.07, 6.45) is 4.69. The topological polar surface area (TPSA) is 88.4 Å². The molecular weight excluding hydrogens is 308 g/mol. The van der Waals surface area contributed by atoms with Crippen molar-refractivity contribution in [3.05, 3.63) is 69.1 Å². The number of nitrogens with zero attached hydrogens (tertiary/aromatic N) is 1. The first-order chi connectivity index (χ1) is 11.5. The predicted octanol–water partition coefficient (Wildman–Crippen LogP) is 1.35. The summed E-state index contributed by atoms with van der Waals surface area (Å²) < 4.78 is 1.01. The second kappa shape index (κ2) is 6.70. The minimum atomic E-state index is -1.13. The van der Waals surface area contributed by atoms with Crippen LogP contribution in [0, 0.1) is 0 Å². The number of hydrogen-bond donors (Lipinski definition) is 2. The van der Waals surface area contributed by atoms with Gasteiger partial charge in [-0.2, -0.15) is 0 Å². The first-order valence-corrected chi connectivity index (χ1v) is 7.85. The number of carboxylic acids is 1. The molecule has 1 aromatic heterocycles. The molecule has 1 aliphatic carbocycles. The summed E-state index contributed by atoms with van der Waals surface area (Å²) in [5, 5.41) is 11.5. The van der Waals surface area contributed by atoms with Crippen molar-refractivity contribution in [2.45, 2.75) is 32.4 Å². The van der Waals surface area contributed by atoms with Gasteiger partial charge in [-0.1, -0.05) is 18.2 Å². The fourth-order valence-electron chi connectivity index (χ4n) is 2.99. The van der Waals surface area contributed by atoms with Crippen LogP contribution in [-0.4, -0.2) is 21.6 Å². The highest BCUT2D eigenvalue weighted by Crippen LogP contribution is 2.22. The van der Waals surface area contributed by atoms with Crippen molar-refractivity contribution in [2.75, 3.05) is 0 Å². The van der Waals surface area contributed by atoms with Crippen LogP contribution >= 0.6 is 0 Å². The first kappa shape index (κ1) is 16.0. The van der Waals surface area contributed by atoms with Crippen molar-refractivity contribution < 1.29 is 14.7 Å². The zero-order chi connectivity index (χ0) is 17.1. The Hall–Kier alpha value is -2.89. The van der Waals surface area contributed by atoms with Gasteiger partial charge in [0.05, 0.1) is 0 Å². The number of rotatable bonds is 5. The Balaban J connectivity index is 1.71. The molecule has 2 N–H and O–H groups in total. The number of carboxylic acid groups (broad SMARTS) is 1. The van der Waals surface area contributed by atoms with Gasteiger partial charge in [0.1, 0.15) is 12.1 Å². The van der Waals surface area contributed by atoms with Crippen LogP contribution in [0.4, 0.5) is 0 Å². The maximum Gasteiger partial charge on any atom is 0.323 e. The SMILES string of the molecule is O=C(O)Cn1cccc(C(=O)NCc2ccc3c(c2)CCC3)c1=O. The van der Waals surface area contributed by atoms with Crippen LogP contribution in [0.2, 0.25) is 0 Å². The fourth-order valence-corrected chi connectivity index (χ4v) is 2.99. The van der Waals surface area contributed by atoms with Crippen LogP contribution in [0.25, 0.3) is 0 Å². The Morgan fingerprint density at radius 3 is 2.75 bits per heavy atom. The van der Waals surface area contributed by atoms with Crippen molar-refractivity contribution in [1.29, 1.82) is 0 Å². The van der Waals surface area contributed by atoms with E-state index in [0.717, 1.165) is 29.4 Å². The zero-order valence-corrected chi connectivity index (χ0v) is 13.1. The number of fused-ring (bicyclic) bond motifs is 1. The Morgan fingerprint density at radius 1 is 1.17 bits per heavy atom. The fraction of sp³-hybridized carbons (Fsp3) is 0.278. The Morgan fingerprint density at radius 2 is 1.96 bits per heavy atom. The van der Waals surface area contributed by atoms with Crippen molar-refractivity contribution in [3.63, 3.8) is 0 Å². The maximum atomic E-state index is 12.2. The number of pyridine rings is 1. The van der Waals surface area contributed by atoms with E-state index in [0.29, 0.717) is 6.54 Å². The molecule has 1 aliphatic rings. The monoisotopic (exact) mass is 326 g/mol. The molecule has 0 aliphatic heterocycles. The summed E-state index contributed by atoms with van der Waals surface area (Å²) >= 11 is 0. The third-order valence-corrected chi connectivity index (χ3v) is 4.19. The van der Waals surface area contributed by atoms with Crippen LogP contribution < -0.4 is 10.9 Å². The van der Waals surface area contributed by atoms with E-state index in [1.807, 2.05) is 6.07 Å². The lowest BCUT2D eigenvalue weighted by Crippen LogP contribution is -2.33. The molecule has 0 saturated heterocycles. The van der Waals surface area contributed by atoms with Crippen LogP contribution in [0.3, 0.4) is 0 Å². The van der Waals surface area contributed by atoms with Gasteiger partial charge in [0.15, 0.2) is 0 Å². The summed E-state index contributed by atoms with van der Waals surface area (Å²) in [4.78, 5) is 35.1. The molecule has 2 aromatic rings. The largest absolute Gasteiger partial charge is 0.480 e. The van der Waals surface area contributed by atoms with Gasteiger partial charge >= 0.3 is 5.97 Å². The van der Waals surface area contributed by atoms with Crippen molar-refractivity contribution in [2.24, 2.45) is 0 Å². The van der Waals surface area contributed by atoms with Gasteiger partial charge in [0.2, 0.25) is 0 Å². The van der Waals surface area contributed by atoms with Gasteiger partial charge in [-0.15, -0.1) is 0 Å². The zero-order valence-electron chi connectivity index (χ0n) is 13.1. The minimum Gasteiger partial charge on any atom is -0.480 e. The van der Waals surface area contributed by atoms with Gasteiger partial charge in [0, 0.05) is 12.7 Å². The lowest BCUT2D eigenvalue weighted by Gasteiger charge is -2.08. The molecule has 0 unspecified atom stereocenters. The number of aromatic nitrogens is 1. The van der Waals surface area contributed by atoms with Crippen molar-refractivity contribution in [3.8, 4) is 0 Å². The summed E-state index contributed by atoms with van der Waals surface area (Å²) in [7, 11) is 0. The maximum absolute atomic E-state index is 12.2. The smallest absolute Gasteiger partial charge is 0.323 e. The number of amides is 1. The average molecular weight is 326 g/mol. The molecule has 1 aromatic carbocycles. The molecule has 1 heterocycles. The number of aliphatic carboxylic acids is 1. The van der Waals surface area contributed by atoms with E-state index in [4.69, 9.17) is 5.11 Å². The predicted molar refractivity (Wildman–Crippen MR) is 88.0 cm³/mol. The van der Waals surface area contributed by atoms with E-state index in [-0.39, 0.29) is 5.56 Å². The quantitative estimate of drug-likeness (QED) is 0.868.